The minimum atomic E-state index is 0.0109. The Morgan fingerprint density at radius 3 is 2.26 bits per heavy atom. The number of halogens is 1. The fraction of sp³-hybridized carbons (Fsp3) is 0.130. The minimum absolute atomic E-state index is 0.0109. The number of hydrogen-bond donors (Lipinski definition) is 0. The number of hydrogen-bond acceptors (Lipinski definition) is 0. The first kappa shape index (κ1) is 25.9. The molecule has 0 radical (unpaired) electrons. The third-order valence-electron chi connectivity index (χ3n) is 11.5. The molecule has 0 fully saturated rings. The highest BCUT2D eigenvalue weighted by Gasteiger charge is 2.45. The summed E-state index contributed by atoms with van der Waals surface area (Å²) in [6.45, 7) is 0. The van der Waals surface area contributed by atoms with Crippen molar-refractivity contribution in [2.24, 2.45) is 11.8 Å². The van der Waals surface area contributed by atoms with E-state index in [1.807, 2.05) is 6.08 Å². The fourth-order valence-corrected chi connectivity index (χ4v) is 9.77. The van der Waals surface area contributed by atoms with Crippen molar-refractivity contribution in [2.45, 2.75) is 25.7 Å². The van der Waals surface area contributed by atoms with Crippen molar-refractivity contribution >= 4 is 43.8 Å². The van der Waals surface area contributed by atoms with E-state index in [0.29, 0.717) is 6.42 Å². The summed E-state index contributed by atoms with van der Waals surface area (Å²) in [6.07, 6.45) is 19.3. The molecule has 0 N–H and O–H groups in total. The van der Waals surface area contributed by atoms with Gasteiger partial charge in [-0.25, -0.2) is 4.39 Å². The van der Waals surface area contributed by atoms with Crippen molar-refractivity contribution in [1.82, 2.24) is 0 Å². The predicted molar refractivity (Wildman–Crippen MR) is 195 cm³/mol. The molecular formula is C46H31F. The van der Waals surface area contributed by atoms with Gasteiger partial charge in [-0.3, -0.25) is 0 Å². The summed E-state index contributed by atoms with van der Waals surface area (Å²) in [7, 11) is 0. The van der Waals surface area contributed by atoms with E-state index in [4.69, 9.17) is 0 Å². The number of rotatable bonds is 2. The van der Waals surface area contributed by atoms with Crippen molar-refractivity contribution in [3.63, 3.8) is 0 Å². The zero-order valence-electron chi connectivity index (χ0n) is 26.0. The van der Waals surface area contributed by atoms with Gasteiger partial charge in [-0.2, -0.15) is 0 Å². The first-order valence-corrected chi connectivity index (χ1v) is 17.1. The Morgan fingerprint density at radius 1 is 0.638 bits per heavy atom. The molecule has 0 aliphatic heterocycles. The molecule has 2 unspecified atom stereocenters. The van der Waals surface area contributed by atoms with Crippen LogP contribution in [0.25, 0.3) is 66.1 Å². The van der Waals surface area contributed by atoms with Gasteiger partial charge in [-0.1, -0.05) is 115 Å². The van der Waals surface area contributed by atoms with Crippen molar-refractivity contribution in [3.8, 4) is 22.3 Å². The monoisotopic (exact) mass is 602 g/mol. The normalized spacial score (nSPS) is 21.4. The van der Waals surface area contributed by atoms with Crippen molar-refractivity contribution in [2.75, 3.05) is 0 Å². The van der Waals surface area contributed by atoms with E-state index >= 15 is 0 Å². The standard InChI is InChI=1S/C46H31F/c47-29-22-21-28-23-38-43-33(36(28)24-29)18-10-20-35(43)45-40(26-11-3-1-4-12-26)39-25-37-31-16-8-7-15-30(31)32-17-9-19-34(42(32)37)44(39)41(46(38)45)27-13-5-2-6-14-27/h1-7,9-15,17-20,23-25,33,43H,8,16,21-22H2. The minimum Gasteiger partial charge on any atom is -0.212 e. The van der Waals surface area contributed by atoms with Crippen LogP contribution in [0.1, 0.15) is 47.9 Å². The van der Waals surface area contributed by atoms with Crippen LogP contribution >= 0.6 is 0 Å². The quantitative estimate of drug-likeness (QED) is 0.176. The highest BCUT2D eigenvalue weighted by molar-refractivity contribution is 6.30. The molecule has 2 atom stereocenters. The average Bonchev–Trinajstić information content (AvgIpc) is 3.62. The van der Waals surface area contributed by atoms with E-state index in [9.17, 15) is 4.39 Å². The molecule has 5 aromatic carbocycles. The first-order valence-electron chi connectivity index (χ1n) is 17.1. The Labute approximate surface area is 274 Å². The molecule has 0 heterocycles. The van der Waals surface area contributed by atoms with Crippen LogP contribution in [0.4, 0.5) is 4.39 Å². The van der Waals surface area contributed by atoms with Crippen LogP contribution in [-0.2, 0) is 0 Å². The molecule has 11 rings (SSSR count). The lowest BCUT2D eigenvalue weighted by Crippen LogP contribution is -2.21. The van der Waals surface area contributed by atoms with Gasteiger partial charge in [-0.15, -0.1) is 0 Å². The largest absolute Gasteiger partial charge is 0.212 e. The number of fused-ring (bicyclic) bond motifs is 8. The van der Waals surface area contributed by atoms with E-state index in [-0.39, 0.29) is 17.7 Å². The summed E-state index contributed by atoms with van der Waals surface area (Å²) in [5.74, 6) is 0.319. The molecule has 0 spiro atoms. The first-order chi connectivity index (χ1) is 23.3. The van der Waals surface area contributed by atoms with Gasteiger partial charge in [0.1, 0.15) is 5.83 Å². The van der Waals surface area contributed by atoms with Gasteiger partial charge in [0.15, 0.2) is 0 Å². The molecule has 0 aromatic heterocycles. The van der Waals surface area contributed by atoms with Crippen LogP contribution in [0.2, 0.25) is 0 Å². The topological polar surface area (TPSA) is 0 Å². The summed E-state index contributed by atoms with van der Waals surface area (Å²) in [4.78, 5) is 0. The van der Waals surface area contributed by atoms with Gasteiger partial charge in [0.05, 0.1) is 0 Å². The molecule has 6 aliphatic rings. The summed E-state index contributed by atoms with van der Waals surface area (Å²) < 4.78 is 14.8. The molecule has 222 valence electrons. The molecule has 0 amide bonds. The maximum absolute atomic E-state index is 14.8. The smallest absolute Gasteiger partial charge is 0.101 e. The number of benzene rings is 5. The molecular weight excluding hydrogens is 572 g/mol. The van der Waals surface area contributed by atoms with Crippen LogP contribution in [0, 0.1) is 11.8 Å². The summed E-state index contributed by atoms with van der Waals surface area (Å²) in [5.41, 5.74) is 18.8. The molecule has 5 aromatic rings. The molecule has 1 heteroatoms. The Hall–Kier alpha value is -5.27. The second-order valence-electron chi connectivity index (χ2n) is 13.8. The number of allylic oxidation sites excluding steroid dienone is 14. The van der Waals surface area contributed by atoms with Gasteiger partial charge < -0.3 is 0 Å². The zero-order valence-corrected chi connectivity index (χ0v) is 26.0. The molecule has 6 aliphatic carbocycles. The second-order valence-corrected chi connectivity index (χ2v) is 13.8. The van der Waals surface area contributed by atoms with Crippen LogP contribution in [0.3, 0.4) is 0 Å². The molecule has 0 saturated heterocycles. The molecule has 47 heavy (non-hydrogen) atoms. The summed E-state index contributed by atoms with van der Waals surface area (Å²) in [5, 5.41) is 5.41. The van der Waals surface area contributed by atoms with Crippen LogP contribution in [0.15, 0.2) is 144 Å². The Bertz CT molecular complexity index is 2490. The van der Waals surface area contributed by atoms with Gasteiger partial charge >= 0.3 is 0 Å². The van der Waals surface area contributed by atoms with E-state index in [1.54, 1.807) is 0 Å². The lowest BCUT2D eigenvalue weighted by molar-refractivity contribution is 0.563. The highest BCUT2D eigenvalue weighted by atomic mass is 19.1. The zero-order chi connectivity index (χ0) is 30.8. The second kappa shape index (κ2) is 9.39. The van der Waals surface area contributed by atoms with Crippen LogP contribution in [-0.4, -0.2) is 0 Å². The molecule has 0 bridgehead atoms. The summed E-state index contributed by atoms with van der Waals surface area (Å²) in [6, 6.07) is 31.7. The Balaban J connectivity index is 1.38. The van der Waals surface area contributed by atoms with Crippen molar-refractivity contribution in [1.29, 1.82) is 0 Å². The van der Waals surface area contributed by atoms with E-state index in [0.717, 1.165) is 19.3 Å². The maximum atomic E-state index is 14.8. The highest BCUT2D eigenvalue weighted by Crippen LogP contribution is 2.63. The average molecular weight is 603 g/mol. The summed E-state index contributed by atoms with van der Waals surface area (Å²) >= 11 is 0. The Kier molecular flexibility index (Phi) is 5.17. The fourth-order valence-electron chi connectivity index (χ4n) is 9.77. The third kappa shape index (κ3) is 3.37. The molecule has 0 saturated carbocycles. The lowest BCUT2D eigenvalue weighted by Gasteiger charge is -2.34. The van der Waals surface area contributed by atoms with Gasteiger partial charge in [0.25, 0.3) is 0 Å². The lowest BCUT2D eigenvalue weighted by atomic mass is 9.69. The Morgan fingerprint density at radius 2 is 1.43 bits per heavy atom. The van der Waals surface area contributed by atoms with E-state index < -0.39 is 0 Å². The van der Waals surface area contributed by atoms with Crippen LogP contribution < -0.4 is 0 Å². The van der Waals surface area contributed by atoms with E-state index in [2.05, 4.69) is 121 Å². The third-order valence-corrected chi connectivity index (χ3v) is 11.5. The van der Waals surface area contributed by atoms with Gasteiger partial charge in [0.2, 0.25) is 0 Å². The SMILES string of the molecule is FC1=CC2=C(C=C3c4c(c(-c5ccccc5)c5cc6c7c(cccc7c5c4-c4ccccc4)C4=C6CCC=C4)C4=CC=CC2C43)CC1. The predicted octanol–water partition coefficient (Wildman–Crippen LogP) is 12.4. The van der Waals surface area contributed by atoms with Crippen molar-refractivity contribution in [3.05, 3.63) is 167 Å². The van der Waals surface area contributed by atoms with Gasteiger partial charge in [0, 0.05) is 18.3 Å². The molecule has 0 nitrogen and oxygen atoms in total. The van der Waals surface area contributed by atoms with Crippen molar-refractivity contribution < 1.29 is 4.39 Å². The van der Waals surface area contributed by atoms with Gasteiger partial charge in [-0.05, 0) is 131 Å². The van der Waals surface area contributed by atoms with Crippen LogP contribution in [0.5, 0.6) is 0 Å². The van der Waals surface area contributed by atoms with E-state index in [1.165, 1.54) is 99.5 Å². The maximum Gasteiger partial charge on any atom is 0.101 e.